The summed E-state index contributed by atoms with van der Waals surface area (Å²) in [5.74, 6) is 0. The minimum atomic E-state index is 0.280. The zero-order valence-corrected chi connectivity index (χ0v) is 7.86. The Hall–Kier alpha value is -2.23. The average molecular weight is 196 g/mol. The number of nitrogens with one attached hydrogen (secondary N) is 2. The number of hydrogen-bond acceptors (Lipinski definition) is 3. The quantitative estimate of drug-likeness (QED) is 0.572. The third kappa shape index (κ3) is 1.19. The Bertz CT molecular complexity index is 656. The molecular formula is C11H8N4. The molecular weight excluding hydrogens is 188 g/mol. The van der Waals surface area contributed by atoms with Gasteiger partial charge in [-0.2, -0.15) is 0 Å². The molecule has 15 heavy (non-hydrogen) atoms. The van der Waals surface area contributed by atoms with E-state index in [-0.39, 0.29) is 5.49 Å². The van der Waals surface area contributed by atoms with Crippen LogP contribution in [0.15, 0.2) is 36.7 Å². The van der Waals surface area contributed by atoms with E-state index in [1.54, 1.807) is 12.4 Å². The van der Waals surface area contributed by atoms with Crippen molar-refractivity contribution in [3.63, 3.8) is 0 Å². The molecule has 0 fully saturated rings. The van der Waals surface area contributed by atoms with Gasteiger partial charge in [-0.3, -0.25) is 5.41 Å². The smallest absolute Gasteiger partial charge is 0.156 e. The minimum Gasteiger partial charge on any atom is -0.345 e. The van der Waals surface area contributed by atoms with Gasteiger partial charge in [-0.1, -0.05) is 18.2 Å². The first kappa shape index (κ1) is 8.11. The van der Waals surface area contributed by atoms with E-state index in [1.807, 2.05) is 24.3 Å². The molecule has 0 unspecified atom stereocenters. The fraction of sp³-hybridized carbons (Fsp3) is 0. The van der Waals surface area contributed by atoms with Crippen LogP contribution in [0.2, 0.25) is 0 Å². The Labute approximate surface area is 85.5 Å². The van der Waals surface area contributed by atoms with Gasteiger partial charge >= 0.3 is 0 Å². The van der Waals surface area contributed by atoms with E-state index in [1.165, 1.54) is 0 Å². The molecule has 0 atom stereocenters. The summed E-state index contributed by atoms with van der Waals surface area (Å²) in [4.78, 5) is 11.5. The number of nitrogens with zero attached hydrogens (tertiary/aromatic N) is 2. The zero-order valence-electron chi connectivity index (χ0n) is 7.86. The Morgan fingerprint density at radius 2 is 2.13 bits per heavy atom. The molecule has 0 radical (unpaired) electrons. The van der Waals surface area contributed by atoms with Gasteiger partial charge in [0.15, 0.2) is 11.1 Å². The summed E-state index contributed by atoms with van der Waals surface area (Å²) < 4.78 is 0. The molecule has 0 amide bonds. The van der Waals surface area contributed by atoms with Crippen LogP contribution in [-0.2, 0) is 0 Å². The minimum absolute atomic E-state index is 0.280. The summed E-state index contributed by atoms with van der Waals surface area (Å²) in [5, 5.41) is 7.85. The summed E-state index contributed by atoms with van der Waals surface area (Å²) >= 11 is 0. The molecule has 1 aliphatic heterocycles. The Morgan fingerprint density at radius 3 is 3.07 bits per heavy atom. The van der Waals surface area contributed by atoms with Crippen LogP contribution in [0, 0.1) is 5.41 Å². The summed E-state index contributed by atoms with van der Waals surface area (Å²) in [6, 6.07) is 7.53. The van der Waals surface area contributed by atoms with Crippen LogP contribution in [0.25, 0.3) is 22.3 Å². The number of fused-ring (bicyclic) bond motifs is 2. The normalized spacial score (nSPS) is 10.9. The van der Waals surface area contributed by atoms with Crippen LogP contribution in [0.3, 0.4) is 0 Å². The Kier molecular flexibility index (Phi) is 1.56. The molecule has 72 valence electrons. The van der Waals surface area contributed by atoms with Crippen molar-refractivity contribution in [1.82, 2.24) is 15.0 Å². The van der Waals surface area contributed by atoms with Crippen molar-refractivity contribution >= 4 is 11.2 Å². The molecule has 1 aliphatic carbocycles. The first-order chi connectivity index (χ1) is 7.34. The lowest BCUT2D eigenvalue weighted by atomic mass is 10.2. The van der Waals surface area contributed by atoms with Gasteiger partial charge in [0.1, 0.15) is 5.52 Å². The highest BCUT2D eigenvalue weighted by molar-refractivity contribution is 5.71. The number of aromatic amines is 1. The molecule has 2 aliphatic rings. The van der Waals surface area contributed by atoms with Gasteiger partial charge in [0.25, 0.3) is 0 Å². The van der Waals surface area contributed by atoms with Crippen molar-refractivity contribution in [3.05, 3.63) is 42.1 Å². The van der Waals surface area contributed by atoms with Gasteiger partial charge in [-0.15, -0.1) is 0 Å². The van der Waals surface area contributed by atoms with E-state index in [9.17, 15) is 0 Å². The van der Waals surface area contributed by atoms with Gasteiger partial charge in [-0.25, -0.2) is 9.97 Å². The van der Waals surface area contributed by atoms with Crippen molar-refractivity contribution in [2.75, 3.05) is 0 Å². The topological polar surface area (TPSA) is 65.4 Å². The highest BCUT2D eigenvalue weighted by atomic mass is 14.9. The lowest BCUT2D eigenvalue weighted by Crippen LogP contribution is -2.05. The highest BCUT2D eigenvalue weighted by Crippen LogP contribution is 2.16. The molecule has 1 aromatic rings. The third-order valence-electron chi connectivity index (χ3n) is 2.37. The number of rotatable bonds is 0. The SMILES string of the molecule is N=c1nc2cc[nH]c2ncc2cccc1-2. The van der Waals surface area contributed by atoms with Crippen LogP contribution in [-0.4, -0.2) is 15.0 Å². The van der Waals surface area contributed by atoms with Crippen LogP contribution in [0.4, 0.5) is 0 Å². The summed E-state index contributed by atoms with van der Waals surface area (Å²) in [5.41, 5.74) is 3.45. The van der Waals surface area contributed by atoms with Crippen LogP contribution in [0.1, 0.15) is 0 Å². The first-order valence-electron chi connectivity index (χ1n) is 4.62. The number of H-pyrrole nitrogens is 1. The van der Waals surface area contributed by atoms with E-state index in [0.29, 0.717) is 11.2 Å². The first-order valence-corrected chi connectivity index (χ1v) is 4.62. The molecule has 2 N–H and O–H groups in total. The molecule has 3 rings (SSSR count). The van der Waals surface area contributed by atoms with Crippen LogP contribution < -0.4 is 5.49 Å². The van der Waals surface area contributed by atoms with E-state index in [0.717, 1.165) is 11.1 Å². The third-order valence-corrected chi connectivity index (χ3v) is 2.37. The van der Waals surface area contributed by atoms with Gasteiger partial charge in [0, 0.05) is 23.5 Å². The Balaban J connectivity index is 2.55. The van der Waals surface area contributed by atoms with Gasteiger partial charge in [0.05, 0.1) is 0 Å². The van der Waals surface area contributed by atoms with E-state index >= 15 is 0 Å². The maximum absolute atomic E-state index is 7.85. The maximum Gasteiger partial charge on any atom is 0.156 e. The number of hydrogen-bond donors (Lipinski definition) is 2. The molecule has 0 saturated carbocycles. The second-order valence-corrected chi connectivity index (χ2v) is 3.32. The fourth-order valence-corrected chi connectivity index (χ4v) is 1.62. The van der Waals surface area contributed by atoms with E-state index in [2.05, 4.69) is 15.0 Å². The van der Waals surface area contributed by atoms with Crippen molar-refractivity contribution in [1.29, 1.82) is 5.41 Å². The molecule has 0 saturated heterocycles. The fourth-order valence-electron chi connectivity index (χ4n) is 1.62. The van der Waals surface area contributed by atoms with Crippen molar-refractivity contribution in [2.24, 2.45) is 0 Å². The molecule has 4 nitrogen and oxygen atoms in total. The van der Waals surface area contributed by atoms with Crippen molar-refractivity contribution in [3.8, 4) is 11.1 Å². The summed E-state index contributed by atoms with van der Waals surface area (Å²) in [6.45, 7) is 0. The van der Waals surface area contributed by atoms with Gasteiger partial charge in [0.2, 0.25) is 0 Å². The van der Waals surface area contributed by atoms with Gasteiger partial charge < -0.3 is 4.98 Å². The average Bonchev–Trinajstić information content (AvgIpc) is 2.81. The summed E-state index contributed by atoms with van der Waals surface area (Å²) in [6.07, 6.45) is 3.53. The maximum atomic E-state index is 7.85. The second-order valence-electron chi connectivity index (χ2n) is 3.32. The standard InChI is InChI=1S/C11H8N4/c12-10-8-3-1-2-7(8)6-14-11-9(15-10)4-5-13-11/h1-6,12H,(H,13,14). The highest BCUT2D eigenvalue weighted by Gasteiger charge is 2.03. The predicted molar refractivity (Wildman–Crippen MR) is 56.4 cm³/mol. The number of aromatic nitrogens is 3. The van der Waals surface area contributed by atoms with Crippen LogP contribution in [0.5, 0.6) is 0 Å². The molecule has 0 spiro atoms. The second kappa shape index (κ2) is 2.88. The lowest BCUT2D eigenvalue weighted by Gasteiger charge is -1.93. The molecule has 0 aromatic carbocycles. The lowest BCUT2D eigenvalue weighted by molar-refractivity contribution is 1.14. The zero-order chi connectivity index (χ0) is 10.3. The Morgan fingerprint density at radius 1 is 1.20 bits per heavy atom. The molecule has 4 heteroatoms. The van der Waals surface area contributed by atoms with Crippen molar-refractivity contribution < 1.29 is 0 Å². The molecule has 0 bridgehead atoms. The molecule has 2 heterocycles. The monoisotopic (exact) mass is 196 g/mol. The van der Waals surface area contributed by atoms with Crippen molar-refractivity contribution in [2.45, 2.75) is 0 Å². The van der Waals surface area contributed by atoms with Gasteiger partial charge in [-0.05, 0) is 6.07 Å². The summed E-state index contributed by atoms with van der Waals surface area (Å²) in [7, 11) is 0. The van der Waals surface area contributed by atoms with Crippen LogP contribution >= 0.6 is 0 Å². The predicted octanol–water partition coefficient (Wildman–Crippen LogP) is 1.54. The van der Waals surface area contributed by atoms with E-state index in [4.69, 9.17) is 5.41 Å². The molecule has 1 aromatic heterocycles. The largest absolute Gasteiger partial charge is 0.345 e. The van der Waals surface area contributed by atoms with E-state index < -0.39 is 0 Å².